The van der Waals surface area contributed by atoms with E-state index in [1.54, 1.807) is 14.2 Å². The van der Waals surface area contributed by atoms with Crippen LogP contribution in [-0.2, 0) is 33.2 Å². The largest absolute Gasteiger partial charge is 0.382 e. The molecule has 8 nitrogen and oxygen atoms in total. The molecule has 8 heteroatoms. The van der Waals surface area contributed by atoms with E-state index in [-0.39, 0.29) is 49.1 Å². The number of carbonyl (C=O) groups is 1. The number of ether oxygens (including phenoxy) is 6. The van der Waals surface area contributed by atoms with Crippen LogP contribution in [0.1, 0.15) is 20.3 Å². The van der Waals surface area contributed by atoms with E-state index in [0.717, 1.165) is 6.42 Å². The maximum Gasteiger partial charge on any atom is 0.257 e. The highest BCUT2D eigenvalue weighted by Crippen LogP contribution is 2.41. The van der Waals surface area contributed by atoms with Crippen LogP contribution >= 0.6 is 0 Å². The van der Waals surface area contributed by atoms with Crippen LogP contribution in [-0.4, -0.2) is 88.7 Å². The van der Waals surface area contributed by atoms with Crippen LogP contribution in [0.2, 0.25) is 0 Å². The molecule has 2 bridgehead atoms. The first-order chi connectivity index (χ1) is 12.0. The van der Waals surface area contributed by atoms with Crippen molar-refractivity contribution >= 4 is 5.91 Å². The molecule has 25 heavy (non-hydrogen) atoms. The summed E-state index contributed by atoms with van der Waals surface area (Å²) in [5, 5.41) is 2.89. The fourth-order valence-electron chi connectivity index (χ4n) is 4.04. The number of nitrogens with one attached hydrogen (secondary N) is 1. The molecule has 0 saturated carbocycles. The summed E-state index contributed by atoms with van der Waals surface area (Å²) in [5.41, 5.74) is -1.05. The number of methoxy groups -OCH3 is 2. The average Bonchev–Trinajstić information content (AvgIpc) is 3.21. The first-order valence-corrected chi connectivity index (χ1v) is 8.88. The molecule has 1 amide bonds. The van der Waals surface area contributed by atoms with Gasteiger partial charge in [0.15, 0.2) is 5.60 Å². The smallest absolute Gasteiger partial charge is 0.257 e. The van der Waals surface area contributed by atoms with Crippen LogP contribution in [0.5, 0.6) is 0 Å². The zero-order valence-corrected chi connectivity index (χ0v) is 15.4. The molecule has 0 aliphatic carbocycles. The van der Waals surface area contributed by atoms with Gasteiger partial charge in [-0.25, -0.2) is 0 Å². The average molecular weight is 359 g/mol. The van der Waals surface area contributed by atoms with Crippen molar-refractivity contribution in [2.75, 3.05) is 40.6 Å². The monoisotopic (exact) mass is 359 g/mol. The molecule has 0 aromatic heterocycles. The van der Waals surface area contributed by atoms with Crippen molar-refractivity contribution in [2.45, 2.75) is 62.5 Å². The van der Waals surface area contributed by atoms with E-state index < -0.39 is 5.60 Å². The van der Waals surface area contributed by atoms with Gasteiger partial charge >= 0.3 is 0 Å². The lowest BCUT2D eigenvalue weighted by Crippen LogP contribution is -2.55. The van der Waals surface area contributed by atoms with Crippen molar-refractivity contribution in [1.82, 2.24) is 5.32 Å². The first-order valence-electron chi connectivity index (χ1n) is 8.88. The quantitative estimate of drug-likeness (QED) is 0.605. The van der Waals surface area contributed by atoms with Crippen LogP contribution in [0.15, 0.2) is 0 Å². The van der Waals surface area contributed by atoms with Crippen LogP contribution in [0.25, 0.3) is 0 Å². The number of hydrogen-bond acceptors (Lipinski definition) is 7. The second-order valence-corrected chi connectivity index (χ2v) is 6.99. The molecule has 3 rings (SSSR count). The van der Waals surface area contributed by atoms with Crippen LogP contribution in [0, 0.1) is 0 Å². The van der Waals surface area contributed by atoms with Gasteiger partial charge in [-0.05, 0) is 13.8 Å². The second-order valence-electron chi connectivity index (χ2n) is 6.99. The molecule has 7 atom stereocenters. The molecule has 3 fully saturated rings. The van der Waals surface area contributed by atoms with Crippen LogP contribution in [0.3, 0.4) is 0 Å². The van der Waals surface area contributed by atoms with Crippen molar-refractivity contribution in [2.24, 2.45) is 0 Å². The Hall–Kier alpha value is -0.770. The maximum absolute atomic E-state index is 12.7. The van der Waals surface area contributed by atoms with E-state index in [1.165, 1.54) is 0 Å². The number of hydrogen-bond donors (Lipinski definition) is 1. The third-order valence-corrected chi connectivity index (χ3v) is 5.18. The molecule has 3 saturated heterocycles. The summed E-state index contributed by atoms with van der Waals surface area (Å²) < 4.78 is 33.8. The molecule has 3 heterocycles. The summed E-state index contributed by atoms with van der Waals surface area (Å²) in [6.45, 7) is 5.43. The van der Waals surface area contributed by atoms with E-state index >= 15 is 0 Å². The molecule has 0 radical (unpaired) electrons. The third-order valence-electron chi connectivity index (χ3n) is 5.18. The molecular weight excluding hydrogens is 330 g/mol. The molecule has 2 unspecified atom stereocenters. The Bertz CT molecular complexity index is 476. The van der Waals surface area contributed by atoms with Gasteiger partial charge in [-0.15, -0.1) is 0 Å². The Balaban J connectivity index is 1.45. The molecule has 1 N–H and O–H groups in total. The van der Waals surface area contributed by atoms with Crippen molar-refractivity contribution in [3.8, 4) is 0 Å². The lowest BCUT2D eigenvalue weighted by Gasteiger charge is -2.29. The lowest BCUT2D eigenvalue weighted by atomic mass is 9.97. The van der Waals surface area contributed by atoms with Crippen LogP contribution < -0.4 is 5.32 Å². The predicted octanol–water partition coefficient (Wildman–Crippen LogP) is -0.117. The molecule has 0 spiro atoms. The van der Waals surface area contributed by atoms with Gasteiger partial charge in [0.1, 0.15) is 18.3 Å². The number of rotatable bonds is 8. The Labute approximate surface area is 148 Å². The topological polar surface area (TPSA) is 84.5 Å². The van der Waals surface area contributed by atoms with Crippen molar-refractivity contribution < 1.29 is 33.2 Å². The highest BCUT2D eigenvalue weighted by molar-refractivity contribution is 5.87. The minimum absolute atomic E-state index is 0.0151. The van der Waals surface area contributed by atoms with E-state index in [9.17, 15) is 4.79 Å². The third kappa shape index (κ3) is 3.56. The minimum atomic E-state index is -1.05. The fourth-order valence-corrected chi connectivity index (χ4v) is 4.04. The van der Waals surface area contributed by atoms with Gasteiger partial charge in [-0.3, -0.25) is 4.79 Å². The minimum Gasteiger partial charge on any atom is -0.382 e. The van der Waals surface area contributed by atoms with E-state index in [1.807, 2.05) is 13.8 Å². The number of amides is 1. The SMILES string of the molecule is COC[C@H]1O[C@@H](C)CC1OCCNC(=O)[C@]12CO[C@@H](C1OC)[C@H](C)O2. The maximum atomic E-state index is 12.7. The highest BCUT2D eigenvalue weighted by atomic mass is 16.7. The van der Waals surface area contributed by atoms with Gasteiger partial charge < -0.3 is 33.7 Å². The normalized spacial score (nSPS) is 42.9. The van der Waals surface area contributed by atoms with E-state index in [0.29, 0.717) is 19.8 Å². The fraction of sp³-hybridized carbons (Fsp3) is 0.941. The molecule has 144 valence electrons. The summed E-state index contributed by atoms with van der Waals surface area (Å²) in [5.74, 6) is -0.209. The second kappa shape index (κ2) is 7.85. The van der Waals surface area contributed by atoms with Crippen molar-refractivity contribution in [3.63, 3.8) is 0 Å². The van der Waals surface area contributed by atoms with Gasteiger partial charge in [0, 0.05) is 27.2 Å². The van der Waals surface area contributed by atoms with Crippen LogP contribution in [0.4, 0.5) is 0 Å². The zero-order valence-electron chi connectivity index (χ0n) is 15.4. The zero-order chi connectivity index (χ0) is 18.0. The number of carbonyl (C=O) groups excluding carboxylic acids is 1. The summed E-state index contributed by atoms with van der Waals surface area (Å²) in [4.78, 5) is 12.7. The molecule has 0 aromatic carbocycles. The highest BCUT2D eigenvalue weighted by Gasteiger charge is 2.64. The number of fused-ring (bicyclic) bond motifs is 2. The van der Waals surface area contributed by atoms with Gasteiger partial charge in [0.2, 0.25) is 0 Å². The molecule has 3 aliphatic rings. The molecular formula is C17H29NO7. The van der Waals surface area contributed by atoms with E-state index in [2.05, 4.69) is 5.32 Å². The van der Waals surface area contributed by atoms with Crippen molar-refractivity contribution in [3.05, 3.63) is 0 Å². The first kappa shape index (κ1) is 19.0. The summed E-state index contributed by atoms with van der Waals surface area (Å²) in [6.07, 6.45) is 0.175. The standard InChI is InChI=1S/C17H29NO7/c1-10-7-12(13(24-10)8-20-3)22-6-5-18-16(19)17-9-23-14(11(2)25-17)15(17)21-4/h10-15H,5-9H2,1-4H3,(H,18,19)/t10-,11-,12?,13+,14+,15?,17-/m0/s1. The van der Waals surface area contributed by atoms with Gasteiger partial charge in [0.25, 0.3) is 5.91 Å². The van der Waals surface area contributed by atoms with Gasteiger partial charge in [-0.1, -0.05) is 0 Å². The molecule has 3 aliphatic heterocycles. The summed E-state index contributed by atoms with van der Waals surface area (Å²) >= 11 is 0. The van der Waals surface area contributed by atoms with Crippen molar-refractivity contribution in [1.29, 1.82) is 0 Å². The predicted molar refractivity (Wildman–Crippen MR) is 87.4 cm³/mol. The molecule has 0 aromatic rings. The lowest BCUT2D eigenvalue weighted by molar-refractivity contribution is -0.169. The Morgan fingerprint density at radius 2 is 2.12 bits per heavy atom. The van der Waals surface area contributed by atoms with E-state index in [4.69, 9.17) is 28.4 Å². The summed E-state index contributed by atoms with van der Waals surface area (Å²) in [6, 6.07) is 0. The van der Waals surface area contributed by atoms with Gasteiger partial charge in [0.05, 0.1) is 38.1 Å². The Morgan fingerprint density at radius 1 is 1.32 bits per heavy atom. The Morgan fingerprint density at radius 3 is 2.80 bits per heavy atom. The summed E-state index contributed by atoms with van der Waals surface area (Å²) in [7, 11) is 3.23. The Kier molecular flexibility index (Phi) is 5.97. The van der Waals surface area contributed by atoms with Gasteiger partial charge in [-0.2, -0.15) is 0 Å².